The molecule has 1 aromatic rings. The average Bonchev–Trinajstić information content (AvgIpc) is 2.63. The first-order chi connectivity index (χ1) is 9.61. The molecule has 2 unspecified atom stereocenters. The zero-order chi connectivity index (χ0) is 14.5. The van der Waals surface area contributed by atoms with Gasteiger partial charge in [0.2, 0.25) is 0 Å². The second-order valence-electron chi connectivity index (χ2n) is 5.64. The molecular weight excluding hydrogens is 318 g/mol. The molecule has 3 nitrogen and oxygen atoms in total. The van der Waals surface area contributed by atoms with Crippen molar-refractivity contribution in [3.63, 3.8) is 0 Å². The molecule has 4 heteroatoms. The van der Waals surface area contributed by atoms with E-state index in [-0.39, 0.29) is 24.5 Å². The Morgan fingerprint density at radius 2 is 2.10 bits per heavy atom. The fourth-order valence-corrected chi connectivity index (χ4v) is 3.52. The maximum Gasteiger partial charge on any atom is 0.252 e. The topological polar surface area (TPSA) is 49.3 Å². The summed E-state index contributed by atoms with van der Waals surface area (Å²) in [6.07, 6.45) is 5.41. The fraction of sp³-hybridized carbons (Fsp3) is 0.562. The van der Waals surface area contributed by atoms with Crippen LogP contribution in [0, 0.1) is 12.8 Å². The summed E-state index contributed by atoms with van der Waals surface area (Å²) in [7, 11) is 0. The van der Waals surface area contributed by atoms with Crippen LogP contribution in [0.25, 0.3) is 0 Å². The molecule has 110 valence electrons. The van der Waals surface area contributed by atoms with E-state index in [9.17, 15) is 9.90 Å². The van der Waals surface area contributed by atoms with Gasteiger partial charge in [-0.1, -0.05) is 25.3 Å². The first kappa shape index (κ1) is 15.5. The van der Waals surface area contributed by atoms with Crippen molar-refractivity contribution in [2.24, 2.45) is 5.92 Å². The number of aryl methyl sites for hydroxylation is 1. The minimum atomic E-state index is -0.0535. The summed E-state index contributed by atoms with van der Waals surface area (Å²) in [6.45, 7) is 2.15. The van der Waals surface area contributed by atoms with Gasteiger partial charge >= 0.3 is 0 Å². The Kier molecular flexibility index (Phi) is 5.61. The Hall–Kier alpha value is -0.870. The van der Waals surface area contributed by atoms with E-state index in [1.807, 2.05) is 25.1 Å². The second-order valence-corrected chi connectivity index (χ2v) is 6.50. The van der Waals surface area contributed by atoms with Gasteiger partial charge in [-0.05, 0) is 53.4 Å². The molecule has 1 aliphatic carbocycles. The van der Waals surface area contributed by atoms with Crippen LogP contribution in [0.1, 0.15) is 48.0 Å². The Labute approximate surface area is 128 Å². The summed E-state index contributed by atoms with van der Waals surface area (Å²) in [5.74, 6) is 0.132. The van der Waals surface area contributed by atoms with Gasteiger partial charge in [-0.15, -0.1) is 0 Å². The minimum absolute atomic E-state index is 0.0535. The molecule has 2 atom stereocenters. The number of hydrogen-bond acceptors (Lipinski definition) is 2. The van der Waals surface area contributed by atoms with Gasteiger partial charge in [-0.3, -0.25) is 4.79 Å². The largest absolute Gasteiger partial charge is 0.396 e. The molecule has 1 aromatic carbocycles. The van der Waals surface area contributed by atoms with Crippen molar-refractivity contribution in [1.29, 1.82) is 0 Å². The highest BCUT2D eigenvalue weighted by atomic mass is 79.9. The van der Waals surface area contributed by atoms with E-state index in [1.165, 1.54) is 6.42 Å². The SMILES string of the molecule is Cc1ccc(C(=O)NC2CCCCCC2CO)c(Br)c1. The van der Waals surface area contributed by atoms with Crippen LogP contribution in [0.4, 0.5) is 0 Å². The van der Waals surface area contributed by atoms with E-state index in [0.717, 1.165) is 35.7 Å². The summed E-state index contributed by atoms with van der Waals surface area (Å²) < 4.78 is 0.823. The number of aliphatic hydroxyl groups is 1. The predicted octanol–water partition coefficient (Wildman–Crippen LogP) is 3.43. The smallest absolute Gasteiger partial charge is 0.252 e. The lowest BCUT2D eigenvalue weighted by atomic mass is 9.95. The number of aliphatic hydroxyl groups excluding tert-OH is 1. The molecular formula is C16H22BrNO2. The molecule has 0 spiro atoms. The summed E-state index contributed by atoms with van der Waals surface area (Å²) >= 11 is 3.45. The highest BCUT2D eigenvalue weighted by molar-refractivity contribution is 9.10. The highest BCUT2D eigenvalue weighted by Crippen LogP contribution is 2.24. The Balaban J connectivity index is 2.09. The summed E-state index contributed by atoms with van der Waals surface area (Å²) in [5, 5.41) is 12.6. The molecule has 1 amide bonds. The first-order valence-electron chi connectivity index (χ1n) is 7.29. The molecule has 0 aliphatic heterocycles. The van der Waals surface area contributed by atoms with Gasteiger partial charge in [0.15, 0.2) is 0 Å². The molecule has 0 bridgehead atoms. The molecule has 2 N–H and O–H groups in total. The van der Waals surface area contributed by atoms with Crippen molar-refractivity contribution in [3.05, 3.63) is 33.8 Å². The molecule has 0 radical (unpaired) electrons. The van der Waals surface area contributed by atoms with Crippen molar-refractivity contribution in [2.45, 2.75) is 45.1 Å². The van der Waals surface area contributed by atoms with Gasteiger partial charge in [0, 0.05) is 23.0 Å². The molecule has 20 heavy (non-hydrogen) atoms. The van der Waals surface area contributed by atoms with Gasteiger partial charge in [0.25, 0.3) is 5.91 Å². The highest BCUT2D eigenvalue weighted by Gasteiger charge is 2.25. The molecule has 2 rings (SSSR count). The fourth-order valence-electron chi connectivity index (χ4n) is 2.84. The van der Waals surface area contributed by atoms with Crippen LogP contribution in [-0.2, 0) is 0 Å². The Morgan fingerprint density at radius 3 is 2.80 bits per heavy atom. The third-order valence-corrected chi connectivity index (χ3v) is 4.74. The monoisotopic (exact) mass is 339 g/mol. The van der Waals surface area contributed by atoms with Gasteiger partial charge in [0.1, 0.15) is 0 Å². The van der Waals surface area contributed by atoms with E-state index in [0.29, 0.717) is 5.56 Å². The predicted molar refractivity (Wildman–Crippen MR) is 83.8 cm³/mol. The van der Waals surface area contributed by atoms with E-state index < -0.39 is 0 Å². The van der Waals surface area contributed by atoms with Crippen LogP contribution in [-0.4, -0.2) is 23.7 Å². The lowest BCUT2D eigenvalue weighted by Crippen LogP contribution is -2.41. The van der Waals surface area contributed by atoms with E-state index >= 15 is 0 Å². The second kappa shape index (κ2) is 7.23. The van der Waals surface area contributed by atoms with Gasteiger partial charge in [-0.25, -0.2) is 0 Å². The normalized spacial score (nSPS) is 23.1. The lowest BCUT2D eigenvalue weighted by Gasteiger charge is -2.24. The average molecular weight is 340 g/mol. The number of amides is 1. The zero-order valence-electron chi connectivity index (χ0n) is 11.9. The maximum absolute atomic E-state index is 12.4. The van der Waals surface area contributed by atoms with Crippen molar-refractivity contribution in [2.75, 3.05) is 6.61 Å². The standard InChI is InChI=1S/C16H22BrNO2/c1-11-7-8-13(14(17)9-11)16(20)18-15-6-4-2-3-5-12(15)10-19/h7-9,12,15,19H,2-6,10H2,1H3,(H,18,20). The Morgan fingerprint density at radius 1 is 1.35 bits per heavy atom. The molecule has 1 saturated carbocycles. The van der Waals surface area contributed by atoms with Crippen molar-refractivity contribution in [3.8, 4) is 0 Å². The zero-order valence-corrected chi connectivity index (χ0v) is 13.4. The van der Waals surface area contributed by atoms with Crippen LogP contribution in [0.15, 0.2) is 22.7 Å². The number of halogens is 1. The summed E-state index contributed by atoms with van der Waals surface area (Å²) in [4.78, 5) is 12.4. The Bertz CT molecular complexity index is 476. The first-order valence-corrected chi connectivity index (χ1v) is 8.09. The number of nitrogens with one attached hydrogen (secondary N) is 1. The van der Waals surface area contributed by atoms with Crippen molar-refractivity contribution >= 4 is 21.8 Å². The van der Waals surface area contributed by atoms with Gasteiger partial charge in [0.05, 0.1) is 5.56 Å². The minimum Gasteiger partial charge on any atom is -0.396 e. The molecule has 0 saturated heterocycles. The third kappa shape index (κ3) is 3.83. The molecule has 0 heterocycles. The number of hydrogen-bond donors (Lipinski definition) is 2. The van der Waals surface area contributed by atoms with Crippen LogP contribution < -0.4 is 5.32 Å². The quantitative estimate of drug-likeness (QED) is 0.829. The van der Waals surface area contributed by atoms with E-state index in [4.69, 9.17) is 0 Å². The lowest BCUT2D eigenvalue weighted by molar-refractivity contribution is 0.0898. The number of rotatable bonds is 3. The summed E-state index contributed by atoms with van der Waals surface area (Å²) in [5.41, 5.74) is 1.78. The summed E-state index contributed by atoms with van der Waals surface area (Å²) in [6, 6.07) is 5.82. The van der Waals surface area contributed by atoms with Crippen LogP contribution in [0.3, 0.4) is 0 Å². The van der Waals surface area contributed by atoms with Crippen LogP contribution in [0.2, 0.25) is 0 Å². The third-order valence-electron chi connectivity index (χ3n) is 4.08. The van der Waals surface area contributed by atoms with E-state index in [2.05, 4.69) is 21.2 Å². The van der Waals surface area contributed by atoms with Gasteiger partial charge in [-0.2, -0.15) is 0 Å². The maximum atomic E-state index is 12.4. The van der Waals surface area contributed by atoms with Crippen LogP contribution >= 0.6 is 15.9 Å². The van der Waals surface area contributed by atoms with Crippen molar-refractivity contribution in [1.82, 2.24) is 5.32 Å². The number of carbonyl (C=O) groups is 1. The number of benzene rings is 1. The van der Waals surface area contributed by atoms with Crippen molar-refractivity contribution < 1.29 is 9.90 Å². The van der Waals surface area contributed by atoms with Crippen LogP contribution in [0.5, 0.6) is 0 Å². The van der Waals surface area contributed by atoms with E-state index in [1.54, 1.807) is 0 Å². The molecule has 0 aromatic heterocycles. The number of carbonyl (C=O) groups excluding carboxylic acids is 1. The molecule has 1 fully saturated rings. The van der Waals surface area contributed by atoms with Gasteiger partial charge < -0.3 is 10.4 Å². The molecule has 1 aliphatic rings.